The van der Waals surface area contributed by atoms with Gasteiger partial charge in [-0.25, -0.2) is 4.98 Å². The number of halogens is 2. The Kier molecular flexibility index (Phi) is 6.93. The second-order valence-electron chi connectivity index (χ2n) is 7.50. The molecule has 174 valence electrons. The van der Waals surface area contributed by atoms with E-state index in [4.69, 9.17) is 0 Å². The lowest BCUT2D eigenvalue weighted by atomic mass is 10.1. The van der Waals surface area contributed by atoms with Crippen molar-refractivity contribution < 1.29 is 18.3 Å². The van der Waals surface area contributed by atoms with Crippen molar-refractivity contribution in [1.82, 2.24) is 9.55 Å². The Bertz CT molecular complexity index is 1400. The van der Waals surface area contributed by atoms with Crippen LogP contribution in [0.4, 0.5) is 14.5 Å². The minimum Gasteiger partial charge on any atom is -0.433 e. The highest BCUT2D eigenvalue weighted by molar-refractivity contribution is 7.99. The van der Waals surface area contributed by atoms with Crippen molar-refractivity contribution in [3.8, 4) is 11.4 Å². The van der Waals surface area contributed by atoms with Crippen LogP contribution < -0.4 is 15.6 Å². The fourth-order valence-electron chi connectivity index (χ4n) is 3.65. The number of ether oxygens (including phenoxy) is 1. The Labute approximate surface area is 198 Å². The van der Waals surface area contributed by atoms with Crippen molar-refractivity contribution in [3.05, 3.63) is 88.2 Å². The van der Waals surface area contributed by atoms with Crippen LogP contribution in [0.5, 0.6) is 5.75 Å². The predicted octanol–water partition coefficient (Wildman–Crippen LogP) is 5.33. The molecule has 0 atom stereocenters. The van der Waals surface area contributed by atoms with E-state index in [-0.39, 0.29) is 22.7 Å². The van der Waals surface area contributed by atoms with E-state index in [2.05, 4.69) is 15.0 Å². The quantitative estimate of drug-likeness (QED) is 0.285. The third kappa shape index (κ3) is 4.94. The summed E-state index contributed by atoms with van der Waals surface area (Å²) in [5.74, 6) is -0.684. The third-order valence-electron chi connectivity index (χ3n) is 5.12. The van der Waals surface area contributed by atoms with Crippen LogP contribution in [0.25, 0.3) is 16.6 Å². The molecule has 0 fully saturated rings. The van der Waals surface area contributed by atoms with Crippen LogP contribution in [-0.4, -0.2) is 27.8 Å². The monoisotopic (exact) mass is 481 g/mol. The summed E-state index contributed by atoms with van der Waals surface area (Å²) in [4.78, 5) is 30.8. The van der Waals surface area contributed by atoms with Crippen LogP contribution in [0.3, 0.4) is 0 Å². The summed E-state index contributed by atoms with van der Waals surface area (Å²) in [7, 11) is 0. The van der Waals surface area contributed by atoms with Crippen LogP contribution in [0, 0.1) is 13.8 Å². The summed E-state index contributed by atoms with van der Waals surface area (Å²) in [5, 5.41) is 3.41. The molecule has 0 saturated carbocycles. The predicted molar refractivity (Wildman–Crippen MR) is 129 cm³/mol. The zero-order chi connectivity index (χ0) is 24.2. The van der Waals surface area contributed by atoms with Gasteiger partial charge in [-0.15, -0.1) is 0 Å². The number of amides is 1. The van der Waals surface area contributed by atoms with E-state index in [0.29, 0.717) is 21.7 Å². The average molecular weight is 482 g/mol. The summed E-state index contributed by atoms with van der Waals surface area (Å²) in [6, 6.07) is 18.7. The molecule has 1 N–H and O–H groups in total. The maximum absolute atomic E-state index is 13.5. The Hall–Kier alpha value is -3.72. The van der Waals surface area contributed by atoms with Gasteiger partial charge in [-0.3, -0.25) is 14.2 Å². The first kappa shape index (κ1) is 23.4. The molecule has 0 bridgehead atoms. The molecular weight excluding hydrogens is 460 g/mol. The number of para-hydroxylation sites is 4. The number of carbonyl (C=O) groups excluding carboxylic acids is 1. The van der Waals surface area contributed by atoms with Gasteiger partial charge in [-0.2, -0.15) is 8.78 Å². The number of carbonyl (C=O) groups is 1. The highest BCUT2D eigenvalue weighted by atomic mass is 32.2. The number of thioether (sulfide) groups is 1. The fraction of sp³-hybridized carbons (Fsp3) is 0.160. The van der Waals surface area contributed by atoms with Gasteiger partial charge in [0.15, 0.2) is 5.16 Å². The van der Waals surface area contributed by atoms with Gasteiger partial charge in [0.1, 0.15) is 5.75 Å². The Morgan fingerprint density at radius 3 is 2.44 bits per heavy atom. The summed E-state index contributed by atoms with van der Waals surface area (Å²) in [6.07, 6.45) is 0. The molecule has 1 heterocycles. The van der Waals surface area contributed by atoms with E-state index in [1.54, 1.807) is 30.3 Å². The van der Waals surface area contributed by atoms with E-state index in [9.17, 15) is 18.4 Å². The van der Waals surface area contributed by atoms with Gasteiger partial charge in [-0.1, -0.05) is 54.2 Å². The largest absolute Gasteiger partial charge is 0.433 e. The topological polar surface area (TPSA) is 73.2 Å². The maximum Gasteiger partial charge on any atom is 0.387 e. The zero-order valence-electron chi connectivity index (χ0n) is 18.4. The van der Waals surface area contributed by atoms with Crippen molar-refractivity contribution in [2.75, 3.05) is 11.1 Å². The first-order valence-electron chi connectivity index (χ1n) is 10.4. The molecular formula is C25H21F2N3O3S. The second kappa shape index (κ2) is 10.0. The van der Waals surface area contributed by atoms with E-state index >= 15 is 0 Å². The maximum atomic E-state index is 13.5. The molecule has 9 heteroatoms. The van der Waals surface area contributed by atoms with Crippen molar-refractivity contribution in [2.45, 2.75) is 25.6 Å². The smallest absolute Gasteiger partial charge is 0.387 e. The van der Waals surface area contributed by atoms with E-state index in [1.807, 2.05) is 32.0 Å². The van der Waals surface area contributed by atoms with Crippen LogP contribution in [0.2, 0.25) is 0 Å². The fourth-order valence-corrected chi connectivity index (χ4v) is 4.45. The normalized spacial score (nSPS) is 11.1. The number of aromatic nitrogens is 2. The van der Waals surface area contributed by atoms with Gasteiger partial charge >= 0.3 is 6.61 Å². The number of hydrogen-bond acceptors (Lipinski definition) is 5. The molecule has 1 aromatic heterocycles. The number of rotatable bonds is 7. The number of fused-ring (bicyclic) bond motifs is 1. The van der Waals surface area contributed by atoms with Crippen molar-refractivity contribution in [1.29, 1.82) is 0 Å². The lowest BCUT2D eigenvalue weighted by molar-refractivity contribution is -0.113. The number of anilines is 1. The standard InChI is InChI=1S/C25H21F2N3O3S/c1-15-8-7-9-16(2)22(15)30-23(32)17-10-3-4-11-18(17)29-25(30)34-14-21(31)28-19-12-5-6-13-20(19)33-24(26)27/h3-13,24H,14H2,1-2H3,(H,28,31). The van der Waals surface area contributed by atoms with Gasteiger partial charge in [-0.05, 0) is 49.2 Å². The summed E-state index contributed by atoms with van der Waals surface area (Å²) >= 11 is 1.09. The molecule has 1 amide bonds. The number of nitrogens with zero attached hydrogens (tertiary/aromatic N) is 2. The molecule has 0 aliphatic carbocycles. The van der Waals surface area contributed by atoms with Gasteiger partial charge in [0, 0.05) is 0 Å². The van der Waals surface area contributed by atoms with Crippen molar-refractivity contribution >= 4 is 34.3 Å². The summed E-state index contributed by atoms with van der Waals surface area (Å²) < 4.78 is 31.3. The van der Waals surface area contributed by atoms with Gasteiger partial charge in [0.2, 0.25) is 5.91 Å². The summed E-state index contributed by atoms with van der Waals surface area (Å²) in [5.41, 5.74) is 2.92. The molecule has 34 heavy (non-hydrogen) atoms. The minimum absolute atomic E-state index is 0.0985. The molecule has 0 spiro atoms. The number of hydrogen-bond donors (Lipinski definition) is 1. The van der Waals surface area contributed by atoms with Gasteiger partial charge < -0.3 is 10.1 Å². The first-order valence-corrected chi connectivity index (χ1v) is 11.4. The molecule has 0 aliphatic rings. The highest BCUT2D eigenvalue weighted by Gasteiger charge is 2.18. The SMILES string of the molecule is Cc1cccc(C)c1-n1c(SCC(=O)Nc2ccccc2OC(F)F)nc2ccccc2c1=O. The molecule has 4 rings (SSSR count). The Morgan fingerprint density at radius 2 is 1.71 bits per heavy atom. The van der Waals surface area contributed by atoms with Gasteiger partial charge in [0.05, 0.1) is 28.0 Å². The Balaban J connectivity index is 1.68. The molecule has 0 radical (unpaired) electrons. The number of nitrogens with one attached hydrogen (secondary N) is 1. The molecule has 0 saturated heterocycles. The van der Waals surface area contributed by atoms with Gasteiger partial charge in [0.25, 0.3) is 5.56 Å². The zero-order valence-corrected chi connectivity index (χ0v) is 19.2. The molecule has 3 aromatic carbocycles. The molecule has 0 unspecified atom stereocenters. The molecule has 4 aromatic rings. The lowest BCUT2D eigenvalue weighted by Gasteiger charge is -2.17. The van der Waals surface area contributed by atoms with Crippen LogP contribution >= 0.6 is 11.8 Å². The molecule has 0 aliphatic heterocycles. The first-order chi connectivity index (χ1) is 16.3. The number of alkyl halides is 2. The Morgan fingerprint density at radius 1 is 1.03 bits per heavy atom. The van der Waals surface area contributed by atoms with Crippen LogP contribution in [0.15, 0.2) is 76.7 Å². The second-order valence-corrected chi connectivity index (χ2v) is 8.45. The molecule has 6 nitrogen and oxygen atoms in total. The highest BCUT2D eigenvalue weighted by Crippen LogP contribution is 2.28. The number of aryl methyl sites for hydroxylation is 2. The third-order valence-corrected chi connectivity index (χ3v) is 6.06. The minimum atomic E-state index is -3.01. The van der Waals surface area contributed by atoms with Crippen LogP contribution in [-0.2, 0) is 4.79 Å². The lowest BCUT2D eigenvalue weighted by Crippen LogP contribution is -2.24. The van der Waals surface area contributed by atoms with E-state index in [1.165, 1.54) is 22.8 Å². The van der Waals surface area contributed by atoms with Crippen LogP contribution in [0.1, 0.15) is 11.1 Å². The number of benzene rings is 3. The van der Waals surface area contributed by atoms with E-state index < -0.39 is 12.5 Å². The average Bonchev–Trinajstić information content (AvgIpc) is 2.80. The summed E-state index contributed by atoms with van der Waals surface area (Å²) in [6.45, 7) is 0.803. The van der Waals surface area contributed by atoms with Crippen molar-refractivity contribution in [2.24, 2.45) is 0 Å². The van der Waals surface area contributed by atoms with E-state index in [0.717, 1.165) is 22.9 Å². The van der Waals surface area contributed by atoms with Crippen molar-refractivity contribution in [3.63, 3.8) is 0 Å².